The lowest BCUT2D eigenvalue weighted by molar-refractivity contribution is 0.571. The topological polar surface area (TPSA) is 17.8 Å². The van der Waals surface area contributed by atoms with Gasteiger partial charge in [0, 0.05) is 18.0 Å². The van der Waals surface area contributed by atoms with E-state index in [0.717, 1.165) is 18.4 Å². The molecule has 2 aromatic carbocycles. The van der Waals surface area contributed by atoms with Crippen molar-refractivity contribution in [2.24, 2.45) is 0 Å². The Kier molecular flexibility index (Phi) is 4.11. The average molecular weight is 341 g/mol. The van der Waals surface area contributed by atoms with Crippen molar-refractivity contribution in [3.05, 3.63) is 88.2 Å². The second kappa shape index (κ2) is 6.40. The molecule has 0 spiro atoms. The van der Waals surface area contributed by atoms with Gasteiger partial charge >= 0.3 is 0 Å². The first-order valence-electron chi connectivity index (χ1n) is 8.28. The highest BCUT2D eigenvalue weighted by Gasteiger charge is 2.23. The van der Waals surface area contributed by atoms with Crippen LogP contribution in [0, 0.1) is 5.82 Å². The lowest BCUT2D eigenvalue weighted by Gasteiger charge is -2.24. The van der Waals surface area contributed by atoms with Gasteiger partial charge in [-0.15, -0.1) is 0 Å². The fourth-order valence-electron chi connectivity index (χ4n) is 3.60. The summed E-state index contributed by atoms with van der Waals surface area (Å²) in [5, 5.41) is 0.362. The van der Waals surface area contributed by atoms with Gasteiger partial charge in [0.05, 0.1) is 6.04 Å². The van der Waals surface area contributed by atoms with Crippen LogP contribution in [0.4, 0.5) is 4.39 Å². The number of aryl methyl sites for hydroxylation is 2. The van der Waals surface area contributed by atoms with Crippen LogP contribution in [0.25, 0.3) is 0 Å². The lowest BCUT2D eigenvalue weighted by atomic mass is 9.87. The smallest absolute Gasteiger partial charge is 0.203 e. The molecule has 0 bridgehead atoms. The van der Waals surface area contributed by atoms with E-state index in [1.54, 1.807) is 18.5 Å². The van der Waals surface area contributed by atoms with Crippen LogP contribution in [-0.2, 0) is 12.8 Å². The first kappa shape index (κ1) is 15.4. The maximum Gasteiger partial charge on any atom is 0.203 e. The van der Waals surface area contributed by atoms with Crippen molar-refractivity contribution in [2.45, 2.75) is 31.7 Å². The van der Waals surface area contributed by atoms with E-state index in [1.165, 1.54) is 30.0 Å². The summed E-state index contributed by atoms with van der Waals surface area (Å²) < 4.78 is 16.3. The number of fused-ring (bicyclic) bond motifs is 1. The zero-order valence-electron chi connectivity index (χ0n) is 13.3. The van der Waals surface area contributed by atoms with Crippen LogP contribution in [0.3, 0.4) is 0 Å². The van der Waals surface area contributed by atoms with E-state index in [0.29, 0.717) is 10.8 Å². The van der Waals surface area contributed by atoms with Crippen molar-refractivity contribution in [3.63, 3.8) is 0 Å². The molecule has 1 unspecified atom stereocenters. The molecule has 0 saturated carbocycles. The molecule has 24 heavy (non-hydrogen) atoms. The minimum atomic E-state index is -0.312. The third-order valence-corrected chi connectivity index (χ3v) is 5.08. The molecule has 2 nitrogen and oxygen atoms in total. The Hall–Kier alpha value is -2.13. The number of imidazole rings is 1. The zero-order valence-corrected chi connectivity index (χ0v) is 14.0. The van der Waals surface area contributed by atoms with Crippen LogP contribution in [0.15, 0.2) is 54.9 Å². The molecule has 1 aromatic heterocycles. The van der Waals surface area contributed by atoms with Crippen molar-refractivity contribution in [2.75, 3.05) is 0 Å². The van der Waals surface area contributed by atoms with Crippen molar-refractivity contribution in [1.82, 2.24) is 9.55 Å². The van der Waals surface area contributed by atoms with Crippen LogP contribution in [0.1, 0.15) is 41.1 Å². The Morgan fingerprint density at radius 1 is 1.04 bits per heavy atom. The van der Waals surface area contributed by atoms with Crippen LogP contribution < -0.4 is 0 Å². The van der Waals surface area contributed by atoms with Gasteiger partial charge in [0.1, 0.15) is 5.82 Å². The number of hydrogen-bond acceptors (Lipinski definition) is 1. The van der Waals surface area contributed by atoms with Crippen molar-refractivity contribution < 1.29 is 4.39 Å². The highest BCUT2D eigenvalue weighted by molar-refractivity contribution is 6.28. The Bertz CT molecular complexity index is 872. The largest absolute Gasteiger partial charge is 0.310 e. The number of halogens is 2. The predicted octanol–water partition coefficient (Wildman–Crippen LogP) is 5.19. The minimum Gasteiger partial charge on any atom is -0.310 e. The standard InChI is InChI=1S/C20H18ClFN2/c21-20-23-11-12-24(20)19(17-7-3-4-8-18(17)22)16-10-9-14-5-1-2-6-15(14)13-16/h3-4,7-13,19H,1-2,5-6H2. The third kappa shape index (κ3) is 2.73. The molecule has 0 fully saturated rings. The van der Waals surface area contributed by atoms with Crippen molar-refractivity contribution >= 4 is 11.6 Å². The Labute approximate surface area is 145 Å². The summed E-state index contributed by atoms with van der Waals surface area (Å²) in [5.74, 6) is -0.231. The molecule has 0 amide bonds. The van der Waals surface area contributed by atoms with E-state index >= 15 is 0 Å². The van der Waals surface area contributed by atoms with Gasteiger partial charge in [0.25, 0.3) is 0 Å². The molecule has 1 aliphatic carbocycles. The molecule has 1 heterocycles. The van der Waals surface area contributed by atoms with E-state index in [9.17, 15) is 4.39 Å². The Morgan fingerprint density at radius 3 is 2.58 bits per heavy atom. The molecule has 0 saturated heterocycles. The highest BCUT2D eigenvalue weighted by atomic mass is 35.5. The van der Waals surface area contributed by atoms with Gasteiger partial charge in [0.2, 0.25) is 5.28 Å². The summed E-state index contributed by atoms with van der Waals surface area (Å²) in [4.78, 5) is 4.11. The number of rotatable bonds is 3. The molecule has 1 aliphatic rings. The predicted molar refractivity (Wildman–Crippen MR) is 94.0 cm³/mol. The number of nitrogens with zero attached hydrogens (tertiary/aromatic N) is 2. The van der Waals surface area contributed by atoms with Gasteiger partial charge in [-0.3, -0.25) is 0 Å². The van der Waals surface area contributed by atoms with E-state index in [2.05, 4.69) is 23.2 Å². The lowest BCUT2D eigenvalue weighted by Crippen LogP contribution is -2.15. The molecule has 0 N–H and O–H groups in total. The van der Waals surface area contributed by atoms with Crippen molar-refractivity contribution in [3.8, 4) is 0 Å². The second-order valence-corrected chi connectivity index (χ2v) is 6.60. The van der Waals surface area contributed by atoms with Gasteiger partial charge in [-0.25, -0.2) is 9.37 Å². The van der Waals surface area contributed by atoms with Crippen LogP contribution in [-0.4, -0.2) is 9.55 Å². The van der Waals surface area contributed by atoms with Crippen LogP contribution in [0.5, 0.6) is 0 Å². The quantitative estimate of drug-likeness (QED) is 0.641. The molecule has 1 atom stereocenters. The van der Waals surface area contributed by atoms with Gasteiger partial charge in [-0.05, 0) is 60.0 Å². The highest BCUT2D eigenvalue weighted by Crippen LogP contribution is 2.33. The number of aromatic nitrogens is 2. The third-order valence-electron chi connectivity index (χ3n) is 4.79. The molecule has 4 rings (SSSR count). The summed E-state index contributed by atoms with van der Waals surface area (Å²) >= 11 is 6.26. The fraction of sp³-hybridized carbons (Fsp3) is 0.250. The normalized spacial score (nSPS) is 15.1. The first-order chi connectivity index (χ1) is 11.7. The summed E-state index contributed by atoms with van der Waals surface area (Å²) in [7, 11) is 0. The fourth-order valence-corrected chi connectivity index (χ4v) is 3.81. The number of hydrogen-bond donors (Lipinski definition) is 0. The van der Waals surface area contributed by atoms with Crippen molar-refractivity contribution in [1.29, 1.82) is 0 Å². The zero-order chi connectivity index (χ0) is 16.5. The summed E-state index contributed by atoms with van der Waals surface area (Å²) in [6.07, 6.45) is 8.13. The summed E-state index contributed by atoms with van der Waals surface area (Å²) in [5.41, 5.74) is 4.43. The van der Waals surface area contributed by atoms with Crippen LogP contribution in [0.2, 0.25) is 5.28 Å². The second-order valence-electron chi connectivity index (χ2n) is 6.26. The molecule has 122 valence electrons. The monoisotopic (exact) mass is 340 g/mol. The van der Waals surface area contributed by atoms with E-state index < -0.39 is 0 Å². The molecular weight excluding hydrogens is 323 g/mol. The minimum absolute atomic E-state index is 0.231. The molecule has 3 aromatic rings. The van der Waals surface area contributed by atoms with Gasteiger partial charge < -0.3 is 4.57 Å². The maximum atomic E-state index is 14.5. The maximum absolute atomic E-state index is 14.5. The Morgan fingerprint density at radius 2 is 1.83 bits per heavy atom. The molecule has 0 radical (unpaired) electrons. The van der Waals surface area contributed by atoms with E-state index in [1.807, 2.05) is 16.7 Å². The first-order valence-corrected chi connectivity index (χ1v) is 8.66. The molecule has 0 aliphatic heterocycles. The summed E-state index contributed by atoms with van der Waals surface area (Å²) in [6, 6.07) is 13.0. The van der Waals surface area contributed by atoms with Gasteiger partial charge in [0.15, 0.2) is 0 Å². The molecule has 4 heteroatoms. The Balaban J connectivity index is 1.88. The van der Waals surface area contributed by atoms with E-state index in [4.69, 9.17) is 11.6 Å². The summed E-state index contributed by atoms with van der Waals surface area (Å²) in [6.45, 7) is 0. The SMILES string of the molecule is Fc1ccccc1C(c1ccc2c(c1)CCCC2)n1ccnc1Cl. The van der Waals surface area contributed by atoms with Gasteiger partial charge in [-0.2, -0.15) is 0 Å². The van der Waals surface area contributed by atoms with E-state index in [-0.39, 0.29) is 11.9 Å². The van der Waals surface area contributed by atoms with Gasteiger partial charge in [-0.1, -0.05) is 36.4 Å². The average Bonchev–Trinajstić information content (AvgIpc) is 3.03. The molecular formula is C20H18ClFN2. The number of benzene rings is 2. The van der Waals surface area contributed by atoms with Crippen LogP contribution >= 0.6 is 11.6 Å².